The van der Waals surface area contributed by atoms with Crippen molar-refractivity contribution >= 4 is 16.4 Å². The Morgan fingerprint density at radius 2 is 1.23 bits per heavy atom. The van der Waals surface area contributed by atoms with Crippen LogP contribution < -0.4 is 9.47 Å². The number of methoxy groups -OCH3 is 1. The van der Waals surface area contributed by atoms with Gasteiger partial charge >= 0.3 is 16.4 Å². The number of aliphatic hydroxyl groups excluding tert-OH is 8. The Labute approximate surface area is 265 Å². The first kappa shape index (κ1) is 37.5. The van der Waals surface area contributed by atoms with Gasteiger partial charge in [0.2, 0.25) is 6.29 Å². The largest absolute Gasteiger partial charge is 0.497 e. The number of carboxylic acid groups (broad SMARTS) is 1. The standard InChI is InChI=1S/C25H36O21S/c1-39-8-2-4-9(5-3-8)40-24-16(32)19(12(28)10(6-26)41-24)43-25-17(33)20(18(11(7-27)42-25)46-47(36,37)38)44-23-15(31)13(29)14(30)21(45-23)22(34)35/h2-5,10-21,23-33H,6-7H2,1H3,(H,34,35)(H,36,37,38)/t10-,11-,12+,13+,14+,15-,16-,17-,18+,19+,20-,21+,23-,24-,25+/m1/s1. The monoisotopic (exact) mass is 704 g/mol. The summed E-state index contributed by atoms with van der Waals surface area (Å²) < 4.78 is 74.9. The maximum atomic E-state index is 11.7. The molecular weight excluding hydrogens is 668 g/mol. The summed E-state index contributed by atoms with van der Waals surface area (Å²) in [5, 5.41) is 92.8. The van der Waals surface area contributed by atoms with Gasteiger partial charge in [-0.15, -0.1) is 0 Å². The van der Waals surface area contributed by atoms with Crippen LogP contribution in [0.4, 0.5) is 0 Å². The second-order valence-corrected chi connectivity index (χ2v) is 11.7. The summed E-state index contributed by atoms with van der Waals surface area (Å²) in [7, 11) is -3.96. The summed E-state index contributed by atoms with van der Waals surface area (Å²) in [4.78, 5) is 11.5. The first-order chi connectivity index (χ1) is 22.1. The predicted molar refractivity (Wildman–Crippen MR) is 144 cm³/mol. The van der Waals surface area contributed by atoms with Crippen LogP contribution >= 0.6 is 0 Å². The van der Waals surface area contributed by atoms with Crippen LogP contribution in [0.25, 0.3) is 0 Å². The molecule has 0 aromatic heterocycles. The van der Waals surface area contributed by atoms with Gasteiger partial charge in [0, 0.05) is 0 Å². The van der Waals surface area contributed by atoms with Crippen molar-refractivity contribution < 1.29 is 101 Å². The first-order valence-electron chi connectivity index (χ1n) is 13.9. The number of benzene rings is 1. The fourth-order valence-electron chi connectivity index (χ4n) is 5.14. The summed E-state index contributed by atoms with van der Waals surface area (Å²) in [6.45, 7) is -1.95. The molecule has 3 aliphatic heterocycles. The molecule has 0 spiro atoms. The molecule has 0 radical (unpaired) electrons. The van der Waals surface area contributed by atoms with E-state index in [1.54, 1.807) is 0 Å². The summed E-state index contributed by atoms with van der Waals surface area (Å²) in [6, 6.07) is 5.95. The highest BCUT2D eigenvalue weighted by atomic mass is 32.3. The molecule has 0 amide bonds. The Hall–Kier alpha value is -2.36. The molecule has 3 fully saturated rings. The van der Waals surface area contributed by atoms with Crippen LogP contribution in [-0.2, 0) is 43.1 Å². The molecule has 10 N–H and O–H groups in total. The van der Waals surface area contributed by atoms with Crippen molar-refractivity contribution in [3.05, 3.63) is 24.3 Å². The molecule has 22 heteroatoms. The van der Waals surface area contributed by atoms with E-state index in [1.807, 2.05) is 0 Å². The Bertz CT molecular complexity index is 1280. The predicted octanol–water partition coefficient (Wildman–Crippen LogP) is -5.56. The lowest BCUT2D eigenvalue weighted by Crippen LogP contribution is -2.67. The number of carbonyl (C=O) groups is 1. The van der Waals surface area contributed by atoms with Gasteiger partial charge in [-0.25, -0.2) is 8.98 Å². The third-order valence-corrected chi connectivity index (χ3v) is 8.02. The number of carboxylic acids is 1. The molecule has 3 saturated heterocycles. The molecular formula is C25H36O21S. The Morgan fingerprint density at radius 3 is 1.79 bits per heavy atom. The van der Waals surface area contributed by atoms with Gasteiger partial charge in [-0.1, -0.05) is 0 Å². The van der Waals surface area contributed by atoms with Gasteiger partial charge in [0.25, 0.3) is 0 Å². The second-order valence-electron chi connectivity index (χ2n) is 10.6. The van der Waals surface area contributed by atoms with Gasteiger partial charge in [0.1, 0.15) is 78.6 Å². The summed E-state index contributed by atoms with van der Waals surface area (Å²) in [6.07, 6.45) is -30.2. The molecule has 0 bridgehead atoms. The van der Waals surface area contributed by atoms with Gasteiger partial charge in [0.15, 0.2) is 18.7 Å². The van der Waals surface area contributed by atoms with Crippen molar-refractivity contribution in [3.63, 3.8) is 0 Å². The van der Waals surface area contributed by atoms with Crippen molar-refractivity contribution in [2.45, 2.75) is 92.1 Å². The number of aliphatic hydroxyl groups is 8. The fraction of sp³-hybridized carbons (Fsp3) is 0.720. The molecule has 0 aliphatic carbocycles. The topological polar surface area (TPSA) is 327 Å². The van der Waals surface area contributed by atoms with Crippen LogP contribution in [0.1, 0.15) is 0 Å². The van der Waals surface area contributed by atoms with Gasteiger partial charge in [0.05, 0.1) is 20.3 Å². The van der Waals surface area contributed by atoms with E-state index in [0.717, 1.165) is 0 Å². The van der Waals surface area contributed by atoms with E-state index in [-0.39, 0.29) is 5.75 Å². The molecule has 268 valence electrons. The number of hydrogen-bond acceptors (Lipinski definition) is 19. The molecule has 1 aromatic rings. The van der Waals surface area contributed by atoms with Crippen molar-refractivity contribution in [1.82, 2.24) is 0 Å². The maximum absolute atomic E-state index is 11.7. The minimum Gasteiger partial charge on any atom is -0.497 e. The molecule has 1 aromatic carbocycles. The second kappa shape index (κ2) is 15.5. The molecule has 0 saturated carbocycles. The molecule has 4 rings (SSSR count). The normalized spacial score (nSPS) is 41.3. The van der Waals surface area contributed by atoms with E-state index in [1.165, 1.54) is 31.4 Å². The molecule has 21 nitrogen and oxygen atoms in total. The zero-order valence-electron chi connectivity index (χ0n) is 24.3. The fourth-order valence-corrected chi connectivity index (χ4v) is 5.65. The van der Waals surface area contributed by atoms with Gasteiger partial charge in [-0.2, -0.15) is 8.42 Å². The number of hydrogen-bond donors (Lipinski definition) is 10. The van der Waals surface area contributed by atoms with Crippen molar-refractivity contribution in [2.75, 3.05) is 20.3 Å². The Kier molecular flexibility index (Phi) is 12.3. The number of rotatable bonds is 12. The van der Waals surface area contributed by atoms with Crippen LogP contribution in [0.5, 0.6) is 11.5 Å². The smallest absolute Gasteiger partial charge is 0.397 e. The maximum Gasteiger partial charge on any atom is 0.397 e. The van der Waals surface area contributed by atoms with Crippen LogP contribution in [0.15, 0.2) is 24.3 Å². The highest BCUT2D eigenvalue weighted by molar-refractivity contribution is 7.80. The Morgan fingerprint density at radius 1 is 0.702 bits per heavy atom. The van der Waals surface area contributed by atoms with E-state index in [4.69, 9.17) is 33.2 Å². The number of aliphatic carboxylic acids is 1. The van der Waals surface area contributed by atoms with E-state index < -0.39 is 122 Å². The van der Waals surface area contributed by atoms with Crippen LogP contribution in [-0.4, -0.2) is 177 Å². The molecule has 47 heavy (non-hydrogen) atoms. The summed E-state index contributed by atoms with van der Waals surface area (Å²) in [5.74, 6) is -1.19. The van der Waals surface area contributed by atoms with E-state index in [2.05, 4.69) is 4.18 Å². The summed E-state index contributed by atoms with van der Waals surface area (Å²) >= 11 is 0. The average Bonchev–Trinajstić information content (AvgIpc) is 3.02. The molecule has 15 atom stereocenters. The quantitative estimate of drug-likeness (QED) is 0.0907. The van der Waals surface area contributed by atoms with Gasteiger partial charge in [-0.05, 0) is 24.3 Å². The summed E-state index contributed by atoms with van der Waals surface area (Å²) in [5.41, 5.74) is 0. The van der Waals surface area contributed by atoms with Crippen LogP contribution in [0, 0.1) is 0 Å². The van der Waals surface area contributed by atoms with Crippen LogP contribution in [0.2, 0.25) is 0 Å². The highest BCUT2D eigenvalue weighted by Gasteiger charge is 2.56. The number of ether oxygens (including phenoxy) is 7. The van der Waals surface area contributed by atoms with Crippen molar-refractivity contribution in [3.8, 4) is 11.5 Å². The zero-order valence-corrected chi connectivity index (χ0v) is 25.1. The lowest BCUT2D eigenvalue weighted by atomic mass is 9.96. The van der Waals surface area contributed by atoms with Crippen molar-refractivity contribution in [1.29, 1.82) is 0 Å². The SMILES string of the molecule is COc1ccc(O[C@@H]2O[C@H](CO)[C@H](O)[C@H](O[C@@H]3O[C@H](CO)[C@H](OS(=O)(=O)O)[C@H](O[C@@H]4O[C@H](C(=O)O)[C@@H](O)[C@H](O)[C@H]4O)[C@H]3O)[C@H]2O)cc1. The molecule has 3 aliphatic rings. The highest BCUT2D eigenvalue weighted by Crippen LogP contribution is 2.34. The van der Waals surface area contributed by atoms with E-state index in [0.29, 0.717) is 5.75 Å². The molecule has 0 unspecified atom stereocenters. The zero-order chi connectivity index (χ0) is 34.8. The molecule has 3 heterocycles. The third kappa shape index (κ3) is 8.45. The van der Waals surface area contributed by atoms with Crippen molar-refractivity contribution in [2.24, 2.45) is 0 Å². The van der Waals surface area contributed by atoms with Crippen LogP contribution in [0.3, 0.4) is 0 Å². The lowest BCUT2D eigenvalue weighted by Gasteiger charge is -2.48. The average molecular weight is 705 g/mol. The lowest BCUT2D eigenvalue weighted by molar-refractivity contribution is -0.374. The van der Waals surface area contributed by atoms with E-state index >= 15 is 0 Å². The van der Waals surface area contributed by atoms with Gasteiger partial charge in [-0.3, -0.25) is 4.55 Å². The first-order valence-corrected chi connectivity index (χ1v) is 15.2. The van der Waals surface area contributed by atoms with Gasteiger partial charge < -0.3 is 79.1 Å². The third-order valence-electron chi connectivity index (χ3n) is 7.56. The Balaban J connectivity index is 1.61. The van der Waals surface area contributed by atoms with E-state index in [9.17, 15) is 63.7 Å². The minimum absolute atomic E-state index is 0.146. The minimum atomic E-state index is -5.39.